The number of anilines is 1. The fourth-order valence-electron chi connectivity index (χ4n) is 4.57. The van der Waals surface area contributed by atoms with Gasteiger partial charge in [0.15, 0.2) is 5.78 Å². The zero-order valence-electron chi connectivity index (χ0n) is 17.7. The maximum Gasteiger partial charge on any atom is 0.332 e. The van der Waals surface area contributed by atoms with E-state index < -0.39 is 17.2 Å². The number of Topliss-reactive ketones (excluding diaryl/α,β-unsaturated/α-hetero) is 1. The standard InChI is InChI=1S/C25H21N3O4/c1-4-13-32-17-12-8-7-11-16(17)18-19-21(14-9-5-6-10-15(14)22(19)29)26-23-20(18)24(30)28(3)25(31)27(23)2/h4-12,18,26H,1,13H2,2-3H3. The highest BCUT2D eigenvalue weighted by atomic mass is 16.5. The number of carbonyl (C=O) groups excluding carboxylic acids is 1. The molecule has 0 saturated heterocycles. The first-order valence-electron chi connectivity index (χ1n) is 10.2. The molecule has 5 rings (SSSR count). The number of hydrogen-bond donors (Lipinski definition) is 1. The number of fused-ring (bicyclic) bond motifs is 3. The third-order valence-electron chi connectivity index (χ3n) is 6.06. The molecule has 2 aromatic carbocycles. The van der Waals surface area contributed by atoms with Crippen molar-refractivity contribution in [2.45, 2.75) is 5.92 Å². The van der Waals surface area contributed by atoms with Crippen LogP contribution in [0.3, 0.4) is 0 Å². The predicted octanol–water partition coefficient (Wildman–Crippen LogP) is 2.81. The topological polar surface area (TPSA) is 82.3 Å². The summed E-state index contributed by atoms with van der Waals surface area (Å²) in [5, 5.41) is 3.24. The van der Waals surface area contributed by atoms with E-state index in [1.54, 1.807) is 25.3 Å². The van der Waals surface area contributed by atoms with Crippen LogP contribution in [0.5, 0.6) is 5.75 Å². The van der Waals surface area contributed by atoms with Crippen LogP contribution in [0.2, 0.25) is 0 Å². The number of aromatic nitrogens is 2. The fourth-order valence-corrected chi connectivity index (χ4v) is 4.57. The molecule has 0 saturated carbocycles. The monoisotopic (exact) mass is 427 g/mol. The number of nitrogens with one attached hydrogen (secondary N) is 1. The van der Waals surface area contributed by atoms with Crippen molar-refractivity contribution >= 4 is 17.3 Å². The molecule has 1 aliphatic carbocycles. The lowest BCUT2D eigenvalue weighted by Crippen LogP contribution is -2.42. The zero-order chi connectivity index (χ0) is 22.6. The van der Waals surface area contributed by atoms with E-state index >= 15 is 0 Å². The summed E-state index contributed by atoms with van der Waals surface area (Å²) in [6.07, 6.45) is 1.64. The van der Waals surface area contributed by atoms with Gasteiger partial charge in [0.2, 0.25) is 0 Å². The highest BCUT2D eigenvalue weighted by Crippen LogP contribution is 2.49. The Morgan fingerprint density at radius 3 is 2.44 bits per heavy atom. The van der Waals surface area contributed by atoms with Crippen LogP contribution in [-0.4, -0.2) is 21.5 Å². The fraction of sp³-hybridized carbons (Fsp3) is 0.160. The van der Waals surface area contributed by atoms with Crippen molar-refractivity contribution in [3.05, 3.63) is 110 Å². The Morgan fingerprint density at radius 1 is 1.00 bits per heavy atom. The first-order valence-corrected chi connectivity index (χ1v) is 10.2. The number of ketones is 1. The van der Waals surface area contributed by atoms with Crippen LogP contribution < -0.4 is 21.3 Å². The molecule has 1 aromatic heterocycles. The van der Waals surface area contributed by atoms with Crippen LogP contribution in [0, 0.1) is 0 Å². The lowest BCUT2D eigenvalue weighted by Gasteiger charge is -2.30. The van der Waals surface area contributed by atoms with Crippen molar-refractivity contribution in [3.8, 4) is 5.75 Å². The molecule has 7 nitrogen and oxygen atoms in total. The number of allylic oxidation sites excluding steroid dienone is 1. The van der Waals surface area contributed by atoms with Gasteiger partial charge in [-0.25, -0.2) is 4.79 Å². The molecule has 0 bridgehead atoms. The van der Waals surface area contributed by atoms with Crippen molar-refractivity contribution in [2.24, 2.45) is 14.1 Å². The van der Waals surface area contributed by atoms with Crippen LogP contribution in [0.4, 0.5) is 5.82 Å². The molecule has 1 aliphatic heterocycles. The van der Waals surface area contributed by atoms with E-state index in [2.05, 4.69) is 11.9 Å². The summed E-state index contributed by atoms with van der Waals surface area (Å²) in [7, 11) is 3.05. The second-order valence-corrected chi connectivity index (χ2v) is 7.83. The van der Waals surface area contributed by atoms with E-state index in [9.17, 15) is 14.4 Å². The molecular formula is C25H21N3O4. The Kier molecular flexibility index (Phi) is 4.48. The van der Waals surface area contributed by atoms with E-state index in [1.165, 1.54) is 11.6 Å². The van der Waals surface area contributed by atoms with Crippen LogP contribution in [-0.2, 0) is 14.1 Å². The molecule has 3 aromatic rings. The van der Waals surface area contributed by atoms with E-state index in [0.717, 1.165) is 10.1 Å². The van der Waals surface area contributed by atoms with Gasteiger partial charge < -0.3 is 10.1 Å². The Morgan fingerprint density at radius 2 is 1.69 bits per heavy atom. The molecule has 0 amide bonds. The quantitative estimate of drug-likeness (QED) is 0.648. The number of nitrogens with zero attached hydrogens (tertiary/aromatic N) is 2. The van der Waals surface area contributed by atoms with E-state index in [-0.39, 0.29) is 12.4 Å². The van der Waals surface area contributed by atoms with Gasteiger partial charge in [-0.05, 0) is 6.07 Å². The lowest BCUT2D eigenvalue weighted by atomic mass is 9.81. The summed E-state index contributed by atoms with van der Waals surface area (Å²) in [5.74, 6) is 0.0856. The Hall–Kier alpha value is -4.13. The van der Waals surface area contributed by atoms with Crippen molar-refractivity contribution in [2.75, 3.05) is 11.9 Å². The van der Waals surface area contributed by atoms with Gasteiger partial charge in [0.1, 0.15) is 18.2 Å². The first kappa shape index (κ1) is 19.8. The van der Waals surface area contributed by atoms with Crippen molar-refractivity contribution in [1.82, 2.24) is 9.13 Å². The van der Waals surface area contributed by atoms with Gasteiger partial charge in [0.25, 0.3) is 5.56 Å². The summed E-state index contributed by atoms with van der Waals surface area (Å²) < 4.78 is 8.37. The summed E-state index contributed by atoms with van der Waals surface area (Å²) in [6, 6.07) is 14.6. The molecule has 7 heteroatoms. The third kappa shape index (κ3) is 2.64. The maximum absolute atomic E-state index is 13.6. The normalized spacial score (nSPS) is 16.2. The highest BCUT2D eigenvalue weighted by molar-refractivity contribution is 6.23. The van der Waals surface area contributed by atoms with Crippen molar-refractivity contribution < 1.29 is 9.53 Å². The summed E-state index contributed by atoms with van der Waals surface area (Å²) in [4.78, 5) is 39.6. The van der Waals surface area contributed by atoms with Gasteiger partial charge in [0.05, 0.1) is 17.2 Å². The zero-order valence-corrected chi connectivity index (χ0v) is 17.7. The molecule has 1 N–H and O–H groups in total. The third-order valence-corrected chi connectivity index (χ3v) is 6.06. The maximum atomic E-state index is 13.6. The second-order valence-electron chi connectivity index (χ2n) is 7.83. The summed E-state index contributed by atoms with van der Waals surface area (Å²) >= 11 is 0. The van der Waals surface area contributed by atoms with E-state index in [0.29, 0.717) is 39.5 Å². The number of benzene rings is 2. The SMILES string of the molecule is C=CCOc1ccccc1C1C2=C(Nc3c1c(=O)n(C)c(=O)n3C)c1ccccc1C2=O. The average Bonchev–Trinajstić information content (AvgIpc) is 3.11. The molecule has 1 atom stereocenters. The number of ether oxygens (including phenoxy) is 1. The lowest BCUT2D eigenvalue weighted by molar-refractivity contribution is 0.103. The molecule has 0 spiro atoms. The number of rotatable bonds is 4. The number of para-hydroxylation sites is 1. The highest BCUT2D eigenvalue weighted by Gasteiger charge is 2.43. The minimum absolute atomic E-state index is 0.145. The van der Waals surface area contributed by atoms with Gasteiger partial charge in [-0.1, -0.05) is 55.1 Å². The molecule has 0 radical (unpaired) electrons. The molecule has 1 unspecified atom stereocenters. The van der Waals surface area contributed by atoms with Gasteiger partial charge in [-0.15, -0.1) is 0 Å². The minimum atomic E-state index is -0.701. The number of hydrogen-bond acceptors (Lipinski definition) is 5. The van der Waals surface area contributed by atoms with E-state index in [1.807, 2.05) is 36.4 Å². The van der Waals surface area contributed by atoms with Gasteiger partial charge in [-0.2, -0.15) is 0 Å². The Labute approximate surface area is 183 Å². The molecular weight excluding hydrogens is 406 g/mol. The van der Waals surface area contributed by atoms with Crippen molar-refractivity contribution in [1.29, 1.82) is 0 Å². The molecule has 2 heterocycles. The second kappa shape index (κ2) is 7.23. The smallest absolute Gasteiger partial charge is 0.332 e. The van der Waals surface area contributed by atoms with Crippen LogP contribution >= 0.6 is 0 Å². The van der Waals surface area contributed by atoms with Gasteiger partial charge in [0, 0.05) is 36.4 Å². The Balaban J connectivity index is 1.87. The molecule has 0 fully saturated rings. The summed E-state index contributed by atoms with van der Waals surface area (Å²) in [5.41, 5.74) is 2.53. The minimum Gasteiger partial charge on any atom is -0.489 e. The predicted molar refractivity (Wildman–Crippen MR) is 122 cm³/mol. The summed E-state index contributed by atoms with van der Waals surface area (Å²) in [6.45, 7) is 3.98. The average molecular weight is 427 g/mol. The number of carbonyl (C=O) groups is 1. The molecule has 32 heavy (non-hydrogen) atoms. The van der Waals surface area contributed by atoms with Crippen LogP contribution in [0.1, 0.15) is 33.0 Å². The first-order chi connectivity index (χ1) is 15.5. The van der Waals surface area contributed by atoms with E-state index in [4.69, 9.17) is 4.74 Å². The van der Waals surface area contributed by atoms with Crippen molar-refractivity contribution in [3.63, 3.8) is 0 Å². The van der Waals surface area contributed by atoms with Gasteiger partial charge >= 0.3 is 5.69 Å². The van der Waals surface area contributed by atoms with Crippen LogP contribution in [0.25, 0.3) is 5.70 Å². The molecule has 2 aliphatic rings. The largest absolute Gasteiger partial charge is 0.489 e. The Bertz CT molecular complexity index is 1460. The van der Waals surface area contributed by atoms with Gasteiger partial charge in [-0.3, -0.25) is 18.7 Å². The molecule has 160 valence electrons. The van der Waals surface area contributed by atoms with Crippen LogP contribution in [0.15, 0.2) is 76.3 Å².